The summed E-state index contributed by atoms with van der Waals surface area (Å²) in [6, 6.07) is 0. The van der Waals surface area contributed by atoms with Crippen molar-refractivity contribution in [3.8, 4) is 0 Å². The van der Waals surface area contributed by atoms with Gasteiger partial charge in [-0.05, 0) is 63.2 Å². The van der Waals surface area contributed by atoms with Crippen molar-refractivity contribution >= 4 is 22.1 Å². The molecule has 0 aromatic rings. The average molecular weight is 464 g/mol. The van der Waals surface area contributed by atoms with Crippen LogP contribution in [0.3, 0.4) is 0 Å². The molecule has 5 fully saturated rings. The zero-order valence-electron chi connectivity index (χ0n) is 17.4. The fourth-order valence-electron chi connectivity index (χ4n) is 7.07. The second-order valence-corrected chi connectivity index (χ2v) is 11.9. The maximum Gasteiger partial charge on any atom is 0.428 e. The van der Waals surface area contributed by atoms with E-state index in [0.717, 1.165) is 51.4 Å². The van der Waals surface area contributed by atoms with Gasteiger partial charge in [0.05, 0.1) is 19.1 Å². The van der Waals surface area contributed by atoms with Crippen LogP contribution < -0.4 is 0 Å². The Morgan fingerprint density at radius 2 is 1.45 bits per heavy atom. The molecule has 0 saturated heterocycles. The summed E-state index contributed by atoms with van der Waals surface area (Å²) in [6.07, 6.45) is 9.69. The highest BCUT2D eigenvalue weighted by Crippen LogP contribution is 2.65. The molecule has 0 radical (unpaired) electrons. The first kappa shape index (κ1) is 22.9. The standard InChI is InChI=1S/C21H30F2O7S/c22-21(23,31(26,27)28)18(25)30-13-20-9-14-6-15(10-20)8-19(7-14,11-20)12-29-17(24)16-4-2-1-3-5-16/h14-16H,1-13H2,(H,26,27,28)/p-1. The second-order valence-electron chi connectivity index (χ2n) is 10.5. The quantitative estimate of drug-likeness (QED) is 0.420. The Hall–Kier alpha value is -1.29. The maximum atomic E-state index is 13.5. The molecule has 0 heterocycles. The summed E-state index contributed by atoms with van der Waals surface area (Å²) in [5.74, 6) is -1.85. The molecule has 0 aromatic carbocycles. The Kier molecular flexibility index (Phi) is 5.86. The minimum absolute atomic E-state index is 0.0474. The van der Waals surface area contributed by atoms with Crippen molar-refractivity contribution < 1.29 is 40.8 Å². The Balaban J connectivity index is 1.41. The average Bonchev–Trinajstić information content (AvgIpc) is 2.69. The van der Waals surface area contributed by atoms with E-state index >= 15 is 0 Å². The van der Waals surface area contributed by atoms with Crippen LogP contribution in [0.15, 0.2) is 0 Å². The van der Waals surface area contributed by atoms with E-state index in [1.807, 2.05) is 0 Å². The Morgan fingerprint density at radius 3 is 1.97 bits per heavy atom. The lowest BCUT2D eigenvalue weighted by atomic mass is 9.44. The van der Waals surface area contributed by atoms with Gasteiger partial charge < -0.3 is 14.0 Å². The van der Waals surface area contributed by atoms with Crippen LogP contribution >= 0.6 is 0 Å². The molecule has 0 N–H and O–H groups in total. The van der Waals surface area contributed by atoms with E-state index < -0.39 is 26.8 Å². The Bertz CT molecular complexity index is 821. The van der Waals surface area contributed by atoms with Crippen LogP contribution in [0.5, 0.6) is 0 Å². The van der Waals surface area contributed by atoms with E-state index in [9.17, 15) is 31.3 Å². The van der Waals surface area contributed by atoms with Gasteiger partial charge in [0, 0.05) is 10.8 Å². The number of rotatable bonds is 7. The van der Waals surface area contributed by atoms with Gasteiger partial charge in [-0.15, -0.1) is 0 Å². The van der Waals surface area contributed by atoms with Crippen molar-refractivity contribution in [2.45, 2.75) is 75.9 Å². The molecule has 5 aliphatic carbocycles. The summed E-state index contributed by atoms with van der Waals surface area (Å²) in [5.41, 5.74) is -0.798. The predicted molar refractivity (Wildman–Crippen MR) is 103 cm³/mol. The number of hydrogen-bond acceptors (Lipinski definition) is 7. The highest BCUT2D eigenvalue weighted by Gasteiger charge is 2.59. The van der Waals surface area contributed by atoms with Crippen LogP contribution in [0.2, 0.25) is 0 Å². The molecule has 4 bridgehead atoms. The lowest BCUT2D eigenvalue weighted by Crippen LogP contribution is -2.56. The fraction of sp³-hybridized carbons (Fsp3) is 0.905. The lowest BCUT2D eigenvalue weighted by molar-refractivity contribution is -0.187. The molecule has 0 aliphatic heterocycles. The van der Waals surface area contributed by atoms with Gasteiger partial charge in [0.15, 0.2) is 10.1 Å². The molecule has 7 nitrogen and oxygen atoms in total. The van der Waals surface area contributed by atoms with Gasteiger partial charge in [0.25, 0.3) is 0 Å². The molecule has 5 saturated carbocycles. The van der Waals surface area contributed by atoms with Crippen LogP contribution in [0, 0.1) is 28.6 Å². The zero-order valence-corrected chi connectivity index (χ0v) is 18.3. The summed E-state index contributed by atoms with van der Waals surface area (Å²) >= 11 is 0. The zero-order chi connectivity index (χ0) is 22.5. The minimum atomic E-state index is -6.14. The summed E-state index contributed by atoms with van der Waals surface area (Å²) < 4.78 is 69.6. The van der Waals surface area contributed by atoms with Crippen molar-refractivity contribution in [2.24, 2.45) is 28.6 Å². The number of alkyl halides is 2. The first-order chi connectivity index (χ1) is 14.4. The summed E-state index contributed by atoms with van der Waals surface area (Å²) in [4.78, 5) is 24.2. The van der Waals surface area contributed by atoms with Crippen LogP contribution in [-0.4, -0.2) is 43.4 Å². The fourth-order valence-corrected chi connectivity index (χ4v) is 7.34. The number of esters is 2. The van der Waals surface area contributed by atoms with Crippen LogP contribution in [0.4, 0.5) is 8.78 Å². The number of hydrogen-bond donors (Lipinski definition) is 0. The number of halogens is 2. The molecule has 2 atom stereocenters. The van der Waals surface area contributed by atoms with Gasteiger partial charge in [-0.2, -0.15) is 8.78 Å². The molecule has 10 heteroatoms. The van der Waals surface area contributed by atoms with Gasteiger partial charge >= 0.3 is 17.2 Å². The van der Waals surface area contributed by atoms with Crippen LogP contribution in [-0.2, 0) is 29.2 Å². The van der Waals surface area contributed by atoms with E-state index in [0.29, 0.717) is 31.1 Å². The molecular formula is C21H29F2O7S-. The van der Waals surface area contributed by atoms with Crippen molar-refractivity contribution in [3.63, 3.8) is 0 Å². The summed E-state index contributed by atoms with van der Waals surface area (Å²) in [7, 11) is -6.14. The molecule has 0 amide bonds. The minimum Gasteiger partial charge on any atom is -0.743 e. The molecule has 0 spiro atoms. The predicted octanol–water partition coefficient (Wildman–Crippen LogP) is 3.38. The van der Waals surface area contributed by atoms with E-state index in [1.54, 1.807) is 0 Å². The van der Waals surface area contributed by atoms with Gasteiger partial charge in [-0.25, -0.2) is 13.2 Å². The molecule has 2 unspecified atom stereocenters. The van der Waals surface area contributed by atoms with Crippen LogP contribution in [0.25, 0.3) is 0 Å². The van der Waals surface area contributed by atoms with Gasteiger partial charge in [-0.3, -0.25) is 4.79 Å². The Morgan fingerprint density at radius 1 is 0.935 bits per heavy atom. The lowest BCUT2D eigenvalue weighted by Gasteiger charge is -2.61. The van der Waals surface area contributed by atoms with E-state index in [2.05, 4.69) is 0 Å². The van der Waals surface area contributed by atoms with Crippen molar-refractivity contribution in [3.05, 3.63) is 0 Å². The normalized spacial score (nSPS) is 35.7. The summed E-state index contributed by atoms with van der Waals surface area (Å²) in [6.45, 7) is -0.0571. The van der Waals surface area contributed by atoms with E-state index in [1.165, 1.54) is 0 Å². The smallest absolute Gasteiger partial charge is 0.428 e. The third-order valence-electron chi connectivity index (χ3n) is 7.82. The SMILES string of the molecule is O=C(OCC12CC3CC(C1)CC(COC(=O)C(F)(F)S(=O)(=O)[O-])(C3)C2)C1CCCCC1. The van der Waals surface area contributed by atoms with Crippen molar-refractivity contribution in [2.75, 3.05) is 13.2 Å². The molecule has 5 aliphatic rings. The van der Waals surface area contributed by atoms with Crippen LogP contribution in [0.1, 0.15) is 70.6 Å². The second kappa shape index (κ2) is 7.93. The molecule has 31 heavy (non-hydrogen) atoms. The van der Waals surface area contributed by atoms with Gasteiger partial charge in [0.1, 0.15) is 0 Å². The maximum absolute atomic E-state index is 13.5. The highest BCUT2D eigenvalue weighted by atomic mass is 32.2. The largest absolute Gasteiger partial charge is 0.743 e. The number of carbonyl (C=O) groups excluding carboxylic acids is 2. The molecular weight excluding hydrogens is 434 g/mol. The molecule has 5 rings (SSSR count). The topological polar surface area (TPSA) is 110 Å². The third kappa shape index (κ3) is 4.47. The molecule has 176 valence electrons. The van der Waals surface area contributed by atoms with E-state index in [4.69, 9.17) is 9.47 Å². The monoisotopic (exact) mass is 463 g/mol. The third-order valence-corrected chi connectivity index (χ3v) is 8.62. The van der Waals surface area contributed by atoms with Crippen molar-refractivity contribution in [1.82, 2.24) is 0 Å². The number of carbonyl (C=O) groups is 2. The van der Waals surface area contributed by atoms with Crippen molar-refractivity contribution in [1.29, 1.82) is 0 Å². The first-order valence-corrected chi connectivity index (χ1v) is 12.5. The van der Waals surface area contributed by atoms with E-state index in [-0.39, 0.29) is 30.5 Å². The van der Waals surface area contributed by atoms with Gasteiger partial charge in [-0.1, -0.05) is 19.3 Å². The highest BCUT2D eigenvalue weighted by molar-refractivity contribution is 7.87. The molecule has 0 aromatic heterocycles. The first-order valence-electron chi connectivity index (χ1n) is 11.1. The Labute approximate surface area is 181 Å². The number of ether oxygens (including phenoxy) is 2. The summed E-state index contributed by atoms with van der Waals surface area (Å²) in [5, 5.41) is -5.09. The van der Waals surface area contributed by atoms with Gasteiger partial charge in [0.2, 0.25) is 0 Å².